The molecule has 1 saturated heterocycles. The fourth-order valence-corrected chi connectivity index (χ4v) is 3.48. The van der Waals surface area contributed by atoms with E-state index in [0.717, 1.165) is 24.5 Å². The van der Waals surface area contributed by atoms with Crippen LogP contribution in [0.4, 0.5) is 10.6 Å². The number of ether oxygens (including phenoxy) is 1. The quantitative estimate of drug-likeness (QED) is 0.827. The average Bonchev–Trinajstić information content (AvgIpc) is 2.94. The van der Waals surface area contributed by atoms with Crippen LogP contribution in [-0.2, 0) is 11.3 Å². The molecule has 146 valence electrons. The van der Waals surface area contributed by atoms with E-state index < -0.39 is 5.60 Å². The van der Waals surface area contributed by atoms with Crippen LogP contribution in [0.25, 0.3) is 0 Å². The summed E-state index contributed by atoms with van der Waals surface area (Å²) in [7, 11) is 0. The number of piperazine rings is 1. The standard InChI is InChI=1S/C21H30N4O2/c1-16-13-22-25(15-18-9-7-6-8-10-18)19(16)24-12-11-23(14-17(24)2)20(26)27-21(3,4)5/h6-10,13,17H,11-12,14-15H2,1-5H3/t17-/m1/s1. The number of rotatable bonds is 3. The molecule has 0 saturated carbocycles. The Hall–Kier alpha value is -2.50. The minimum absolute atomic E-state index is 0.191. The van der Waals surface area contributed by atoms with Crippen LogP contribution < -0.4 is 4.90 Å². The Morgan fingerprint density at radius 3 is 2.56 bits per heavy atom. The molecule has 2 aromatic rings. The molecule has 0 unspecified atom stereocenters. The highest BCUT2D eigenvalue weighted by Crippen LogP contribution is 2.26. The van der Waals surface area contributed by atoms with Gasteiger partial charge in [-0.05, 0) is 40.2 Å². The highest BCUT2D eigenvalue weighted by molar-refractivity contribution is 5.68. The largest absolute Gasteiger partial charge is 0.444 e. The third-order valence-corrected chi connectivity index (χ3v) is 4.71. The van der Waals surface area contributed by atoms with Crippen molar-refractivity contribution in [1.29, 1.82) is 0 Å². The molecule has 6 heteroatoms. The van der Waals surface area contributed by atoms with Crippen molar-refractivity contribution < 1.29 is 9.53 Å². The van der Waals surface area contributed by atoms with Crippen molar-refractivity contribution in [3.63, 3.8) is 0 Å². The lowest BCUT2D eigenvalue weighted by molar-refractivity contribution is 0.0218. The molecule has 0 radical (unpaired) electrons. The van der Waals surface area contributed by atoms with E-state index in [-0.39, 0.29) is 12.1 Å². The van der Waals surface area contributed by atoms with Crippen molar-refractivity contribution >= 4 is 11.9 Å². The van der Waals surface area contributed by atoms with E-state index in [0.29, 0.717) is 13.1 Å². The number of carbonyl (C=O) groups excluding carboxylic acids is 1. The van der Waals surface area contributed by atoms with E-state index in [4.69, 9.17) is 4.74 Å². The van der Waals surface area contributed by atoms with Crippen molar-refractivity contribution in [1.82, 2.24) is 14.7 Å². The Morgan fingerprint density at radius 2 is 1.93 bits per heavy atom. The number of hydrogen-bond donors (Lipinski definition) is 0. The molecule has 1 aromatic heterocycles. The van der Waals surface area contributed by atoms with Crippen LogP contribution in [0.1, 0.15) is 38.8 Å². The van der Waals surface area contributed by atoms with E-state index in [2.05, 4.69) is 40.7 Å². The van der Waals surface area contributed by atoms with Gasteiger partial charge in [0.2, 0.25) is 0 Å². The van der Waals surface area contributed by atoms with Crippen LogP contribution in [0.5, 0.6) is 0 Å². The fourth-order valence-electron chi connectivity index (χ4n) is 3.48. The number of anilines is 1. The van der Waals surface area contributed by atoms with Gasteiger partial charge in [0.05, 0.1) is 12.7 Å². The normalized spacial score (nSPS) is 17.9. The smallest absolute Gasteiger partial charge is 0.410 e. The first kappa shape index (κ1) is 19.3. The molecule has 1 atom stereocenters. The number of aryl methyl sites for hydroxylation is 1. The third-order valence-electron chi connectivity index (χ3n) is 4.71. The van der Waals surface area contributed by atoms with Crippen LogP contribution in [0.2, 0.25) is 0 Å². The number of aromatic nitrogens is 2. The van der Waals surface area contributed by atoms with E-state index in [9.17, 15) is 4.79 Å². The second kappa shape index (κ2) is 7.62. The molecule has 1 amide bonds. The highest BCUT2D eigenvalue weighted by Gasteiger charge is 2.31. The van der Waals surface area contributed by atoms with Crippen LogP contribution in [0, 0.1) is 6.92 Å². The molecule has 1 aromatic carbocycles. The highest BCUT2D eigenvalue weighted by atomic mass is 16.6. The first-order valence-electron chi connectivity index (χ1n) is 9.55. The molecule has 2 heterocycles. The SMILES string of the molecule is Cc1cnn(Cc2ccccc2)c1N1CCN(C(=O)OC(C)(C)C)C[C@H]1C. The molecule has 27 heavy (non-hydrogen) atoms. The van der Waals surface area contributed by atoms with Gasteiger partial charge in [0.15, 0.2) is 0 Å². The molecule has 0 spiro atoms. The van der Waals surface area contributed by atoms with Gasteiger partial charge in [-0.2, -0.15) is 5.10 Å². The molecule has 6 nitrogen and oxygen atoms in total. The molecule has 1 aliphatic heterocycles. The van der Waals surface area contributed by atoms with Gasteiger partial charge >= 0.3 is 6.09 Å². The predicted octanol–water partition coefficient (Wildman–Crippen LogP) is 3.69. The van der Waals surface area contributed by atoms with Crippen LogP contribution in [-0.4, -0.2) is 52.1 Å². The van der Waals surface area contributed by atoms with Crippen LogP contribution in [0.3, 0.4) is 0 Å². The monoisotopic (exact) mass is 370 g/mol. The number of benzene rings is 1. The van der Waals surface area contributed by atoms with Gasteiger partial charge < -0.3 is 14.5 Å². The molecule has 1 fully saturated rings. The van der Waals surface area contributed by atoms with Crippen LogP contribution >= 0.6 is 0 Å². The maximum absolute atomic E-state index is 12.4. The van der Waals surface area contributed by atoms with Gasteiger partial charge in [-0.15, -0.1) is 0 Å². The Kier molecular flexibility index (Phi) is 5.44. The minimum Gasteiger partial charge on any atom is -0.444 e. The lowest BCUT2D eigenvalue weighted by Gasteiger charge is -2.41. The second-order valence-electron chi connectivity index (χ2n) is 8.26. The summed E-state index contributed by atoms with van der Waals surface area (Å²) in [6, 6.07) is 10.5. The predicted molar refractivity (Wildman–Crippen MR) is 107 cm³/mol. The van der Waals surface area contributed by atoms with E-state index in [1.807, 2.05) is 45.2 Å². The Bertz CT molecular complexity index is 779. The fraction of sp³-hybridized carbons (Fsp3) is 0.524. The van der Waals surface area contributed by atoms with Crippen molar-refractivity contribution in [2.45, 2.75) is 52.8 Å². The third kappa shape index (κ3) is 4.62. The number of nitrogens with zero attached hydrogens (tertiary/aromatic N) is 4. The zero-order valence-corrected chi connectivity index (χ0v) is 17.0. The second-order valence-corrected chi connectivity index (χ2v) is 8.26. The van der Waals surface area contributed by atoms with E-state index >= 15 is 0 Å². The van der Waals surface area contributed by atoms with Gasteiger partial charge in [0.1, 0.15) is 11.4 Å². The summed E-state index contributed by atoms with van der Waals surface area (Å²) in [6.45, 7) is 12.7. The first-order chi connectivity index (χ1) is 12.7. The van der Waals surface area contributed by atoms with Gasteiger partial charge in [0, 0.05) is 31.2 Å². The molecule has 0 N–H and O–H groups in total. The molecule has 3 rings (SSSR count). The van der Waals surface area contributed by atoms with Crippen molar-refractivity contribution in [3.05, 3.63) is 47.7 Å². The molecular weight excluding hydrogens is 340 g/mol. The summed E-state index contributed by atoms with van der Waals surface area (Å²) in [5.74, 6) is 1.13. The maximum Gasteiger partial charge on any atom is 0.410 e. The summed E-state index contributed by atoms with van der Waals surface area (Å²) < 4.78 is 7.59. The van der Waals surface area contributed by atoms with Crippen molar-refractivity contribution in [2.24, 2.45) is 0 Å². The summed E-state index contributed by atoms with van der Waals surface area (Å²) >= 11 is 0. The van der Waals surface area contributed by atoms with Gasteiger partial charge in [-0.3, -0.25) is 0 Å². The Balaban J connectivity index is 1.73. The van der Waals surface area contributed by atoms with Crippen LogP contribution in [0.15, 0.2) is 36.5 Å². The van der Waals surface area contributed by atoms with Gasteiger partial charge in [-0.1, -0.05) is 30.3 Å². The molecule has 1 aliphatic rings. The van der Waals surface area contributed by atoms with Crippen molar-refractivity contribution in [3.8, 4) is 0 Å². The average molecular weight is 370 g/mol. The zero-order valence-electron chi connectivity index (χ0n) is 17.0. The summed E-state index contributed by atoms with van der Waals surface area (Å²) in [5, 5.41) is 4.59. The topological polar surface area (TPSA) is 50.6 Å². The lowest BCUT2D eigenvalue weighted by atomic mass is 10.1. The zero-order chi connectivity index (χ0) is 19.6. The summed E-state index contributed by atoms with van der Waals surface area (Å²) in [5.41, 5.74) is 1.91. The lowest BCUT2D eigenvalue weighted by Crippen LogP contribution is -2.55. The number of carbonyl (C=O) groups is 1. The Labute approximate surface area is 161 Å². The van der Waals surface area contributed by atoms with E-state index in [1.165, 1.54) is 5.56 Å². The number of hydrogen-bond acceptors (Lipinski definition) is 4. The Morgan fingerprint density at radius 1 is 1.22 bits per heavy atom. The molecular formula is C21H30N4O2. The summed E-state index contributed by atoms with van der Waals surface area (Å²) in [6.07, 6.45) is 1.69. The first-order valence-corrected chi connectivity index (χ1v) is 9.55. The van der Waals surface area contributed by atoms with Gasteiger partial charge in [0.25, 0.3) is 0 Å². The minimum atomic E-state index is -0.470. The number of amides is 1. The molecule has 0 bridgehead atoms. The maximum atomic E-state index is 12.4. The van der Waals surface area contributed by atoms with Crippen molar-refractivity contribution in [2.75, 3.05) is 24.5 Å². The van der Waals surface area contributed by atoms with E-state index in [1.54, 1.807) is 4.90 Å². The molecule has 0 aliphatic carbocycles. The van der Waals surface area contributed by atoms with Gasteiger partial charge in [-0.25, -0.2) is 9.48 Å². The summed E-state index contributed by atoms with van der Waals surface area (Å²) in [4.78, 5) is 16.6.